The molecule has 1 aliphatic heterocycles. The van der Waals surface area contributed by atoms with Crippen LogP contribution in [0.3, 0.4) is 0 Å². The van der Waals surface area contributed by atoms with Crippen molar-refractivity contribution in [2.75, 3.05) is 41.7 Å². The molecule has 0 bridgehead atoms. The van der Waals surface area contributed by atoms with Crippen LogP contribution in [0.2, 0.25) is 0 Å². The molecule has 0 aliphatic carbocycles. The zero-order valence-corrected chi connectivity index (χ0v) is 16.9. The minimum atomic E-state index is -0.414. The number of halogens is 1. The first-order valence-corrected chi connectivity index (χ1v) is 10.3. The molecule has 3 amide bonds. The summed E-state index contributed by atoms with van der Waals surface area (Å²) in [6, 6.07) is 15.0. The van der Waals surface area contributed by atoms with Crippen molar-refractivity contribution < 1.29 is 14.0 Å². The maximum atomic E-state index is 13.1. The molecule has 0 spiro atoms. The van der Waals surface area contributed by atoms with Crippen molar-refractivity contribution in [2.24, 2.45) is 0 Å². The molecule has 30 heavy (non-hydrogen) atoms. The van der Waals surface area contributed by atoms with Gasteiger partial charge in [-0.15, -0.1) is 11.3 Å². The number of thiazole rings is 1. The van der Waals surface area contributed by atoms with E-state index in [1.54, 1.807) is 34.5 Å². The molecule has 2 aromatic carbocycles. The summed E-state index contributed by atoms with van der Waals surface area (Å²) in [6.45, 7) is 2.41. The molecule has 0 saturated carbocycles. The van der Waals surface area contributed by atoms with Gasteiger partial charge in [-0.25, -0.2) is 14.2 Å². The summed E-state index contributed by atoms with van der Waals surface area (Å²) >= 11 is 1.20. The molecule has 0 unspecified atom stereocenters. The van der Waals surface area contributed by atoms with Gasteiger partial charge in [0.15, 0.2) is 5.13 Å². The van der Waals surface area contributed by atoms with Crippen LogP contribution >= 0.6 is 11.3 Å². The van der Waals surface area contributed by atoms with E-state index in [-0.39, 0.29) is 11.7 Å². The Balaban J connectivity index is 1.31. The second-order valence-corrected chi connectivity index (χ2v) is 7.60. The molecule has 1 saturated heterocycles. The lowest BCUT2D eigenvalue weighted by molar-refractivity contribution is 0.0741. The number of rotatable bonds is 4. The third-order valence-electron chi connectivity index (χ3n) is 4.73. The van der Waals surface area contributed by atoms with Gasteiger partial charge in [-0.1, -0.05) is 18.2 Å². The van der Waals surface area contributed by atoms with Crippen LogP contribution < -0.4 is 15.5 Å². The minimum absolute atomic E-state index is 0.165. The van der Waals surface area contributed by atoms with Gasteiger partial charge in [-0.3, -0.25) is 10.1 Å². The molecule has 4 rings (SSSR count). The molecule has 1 aromatic heterocycles. The van der Waals surface area contributed by atoms with Crippen LogP contribution in [0.25, 0.3) is 0 Å². The van der Waals surface area contributed by atoms with E-state index in [1.165, 1.54) is 23.5 Å². The Labute approximate surface area is 177 Å². The number of nitrogens with one attached hydrogen (secondary N) is 2. The highest BCUT2D eigenvalue weighted by molar-refractivity contribution is 7.14. The van der Waals surface area contributed by atoms with Crippen LogP contribution in [0.5, 0.6) is 0 Å². The summed E-state index contributed by atoms with van der Waals surface area (Å²) in [5.41, 5.74) is 1.92. The molecule has 7 nitrogen and oxygen atoms in total. The van der Waals surface area contributed by atoms with Gasteiger partial charge in [0.25, 0.3) is 5.91 Å². The number of urea groups is 1. The summed E-state index contributed by atoms with van der Waals surface area (Å²) in [5.74, 6) is -0.431. The monoisotopic (exact) mass is 425 g/mol. The third kappa shape index (κ3) is 4.74. The number of amides is 3. The highest BCUT2D eigenvalue weighted by Crippen LogP contribution is 2.20. The van der Waals surface area contributed by atoms with Gasteiger partial charge in [-0.05, 0) is 36.4 Å². The number of hydrogen-bond acceptors (Lipinski definition) is 5. The number of nitrogens with zero attached hydrogens (tertiary/aromatic N) is 3. The Morgan fingerprint density at radius 3 is 2.33 bits per heavy atom. The van der Waals surface area contributed by atoms with Gasteiger partial charge < -0.3 is 15.1 Å². The normalized spacial score (nSPS) is 13.8. The number of anilines is 3. The van der Waals surface area contributed by atoms with Crippen molar-refractivity contribution in [3.05, 3.63) is 71.5 Å². The molecule has 3 aromatic rings. The van der Waals surface area contributed by atoms with Crippen molar-refractivity contribution in [3.63, 3.8) is 0 Å². The lowest BCUT2D eigenvalue weighted by Gasteiger charge is -2.35. The number of hydrogen-bond donors (Lipinski definition) is 2. The zero-order valence-electron chi connectivity index (χ0n) is 16.0. The van der Waals surface area contributed by atoms with Crippen LogP contribution in [-0.2, 0) is 0 Å². The number of benzene rings is 2. The predicted molar refractivity (Wildman–Crippen MR) is 116 cm³/mol. The summed E-state index contributed by atoms with van der Waals surface area (Å²) in [6.07, 6.45) is 0. The fraction of sp³-hybridized carbons (Fsp3) is 0.190. The topological polar surface area (TPSA) is 77.6 Å². The average molecular weight is 425 g/mol. The van der Waals surface area contributed by atoms with Crippen LogP contribution in [0, 0.1) is 5.82 Å². The molecule has 2 heterocycles. The molecule has 0 atom stereocenters. The first-order chi connectivity index (χ1) is 14.6. The van der Waals surface area contributed by atoms with Crippen molar-refractivity contribution in [1.29, 1.82) is 0 Å². The molecule has 154 valence electrons. The maximum Gasteiger partial charge on any atom is 0.325 e. The SMILES string of the molecule is O=C(Nc1ccccc1)Nc1nc(C(=O)N2CCN(c3ccc(F)cc3)CC2)cs1. The quantitative estimate of drug-likeness (QED) is 0.665. The summed E-state index contributed by atoms with van der Waals surface area (Å²) in [7, 11) is 0. The predicted octanol–water partition coefficient (Wildman–Crippen LogP) is 3.89. The van der Waals surface area contributed by atoms with E-state index >= 15 is 0 Å². The molecule has 0 radical (unpaired) electrons. The highest BCUT2D eigenvalue weighted by Gasteiger charge is 2.24. The number of aromatic nitrogens is 1. The molecular weight excluding hydrogens is 405 g/mol. The van der Waals surface area contributed by atoms with Crippen LogP contribution in [0.15, 0.2) is 60.0 Å². The Hall–Kier alpha value is -3.46. The first kappa shape index (κ1) is 19.8. The van der Waals surface area contributed by atoms with Gasteiger partial charge in [0.05, 0.1) is 0 Å². The number of piperazine rings is 1. The molecule has 1 aliphatic rings. The Morgan fingerprint density at radius 1 is 0.933 bits per heavy atom. The van der Waals surface area contributed by atoms with Crippen molar-refractivity contribution in [3.8, 4) is 0 Å². The van der Waals surface area contributed by atoms with Crippen molar-refractivity contribution >= 4 is 39.8 Å². The lowest BCUT2D eigenvalue weighted by Crippen LogP contribution is -2.48. The smallest absolute Gasteiger partial charge is 0.325 e. The summed E-state index contributed by atoms with van der Waals surface area (Å²) in [5, 5.41) is 7.36. The van der Waals surface area contributed by atoms with E-state index in [9.17, 15) is 14.0 Å². The summed E-state index contributed by atoms with van der Waals surface area (Å²) < 4.78 is 13.1. The van der Waals surface area contributed by atoms with Crippen LogP contribution in [-0.4, -0.2) is 48.0 Å². The fourth-order valence-electron chi connectivity index (χ4n) is 3.19. The minimum Gasteiger partial charge on any atom is -0.368 e. The Bertz CT molecular complexity index is 1020. The molecule has 9 heteroatoms. The maximum absolute atomic E-state index is 13.1. The standard InChI is InChI=1S/C21H20FN5O2S/c22-15-6-8-17(9-7-15)26-10-12-27(13-11-26)19(28)18-14-30-21(24-18)25-20(29)23-16-4-2-1-3-5-16/h1-9,14H,10-13H2,(H2,23,24,25,29). The van der Waals surface area contributed by atoms with Crippen LogP contribution in [0.1, 0.15) is 10.5 Å². The lowest BCUT2D eigenvalue weighted by atomic mass is 10.2. The van der Waals surface area contributed by atoms with E-state index in [1.807, 2.05) is 18.2 Å². The second-order valence-electron chi connectivity index (χ2n) is 6.74. The number of para-hydroxylation sites is 1. The van der Waals surface area contributed by atoms with Gasteiger partial charge in [0.1, 0.15) is 11.5 Å². The molecule has 2 N–H and O–H groups in total. The van der Waals surface area contributed by atoms with Crippen LogP contribution in [0.4, 0.5) is 25.7 Å². The van der Waals surface area contributed by atoms with Crippen molar-refractivity contribution in [2.45, 2.75) is 0 Å². The van der Waals surface area contributed by atoms with E-state index in [0.717, 1.165) is 5.69 Å². The second kappa shape index (κ2) is 8.91. The van der Waals surface area contributed by atoms with E-state index in [2.05, 4.69) is 20.5 Å². The summed E-state index contributed by atoms with van der Waals surface area (Å²) in [4.78, 5) is 32.9. The van der Waals surface area contributed by atoms with E-state index < -0.39 is 6.03 Å². The number of carbonyl (C=O) groups is 2. The highest BCUT2D eigenvalue weighted by atomic mass is 32.1. The largest absolute Gasteiger partial charge is 0.368 e. The van der Waals surface area contributed by atoms with E-state index in [0.29, 0.717) is 42.7 Å². The fourth-order valence-corrected chi connectivity index (χ4v) is 3.87. The van der Waals surface area contributed by atoms with Gasteiger partial charge in [-0.2, -0.15) is 0 Å². The molecule has 1 fully saturated rings. The third-order valence-corrected chi connectivity index (χ3v) is 5.49. The number of carbonyl (C=O) groups excluding carboxylic acids is 2. The Kier molecular flexibility index (Phi) is 5.89. The Morgan fingerprint density at radius 2 is 1.63 bits per heavy atom. The molecular formula is C21H20FN5O2S. The van der Waals surface area contributed by atoms with Gasteiger partial charge >= 0.3 is 6.03 Å². The zero-order chi connectivity index (χ0) is 20.9. The van der Waals surface area contributed by atoms with E-state index in [4.69, 9.17) is 0 Å². The van der Waals surface area contributed by atoms with Gasteiger partial charge in [0.2, 0.25) is 0 Å². The average Bonchev–Trinajstić information content (AvgIpc) is 3.23. The van der Waals surface area contributed by atoms with Gasteiger partial charge in [0, 0.05) is 42.9 Å². The first-order valence-electron chi connectivity index (χ1n) is 9.47. The van der Waals surface area contributed by atoms with Crippen molar-refractivity contribution in [1.82, 2.24) is 9.88 Å².